The number of rotatable bonds is 20. The van der Waals surface area contributed by atoms with Crippen LogP contribution < -0.4 is 43.6 Å². The zero-order valence-corrected chi connectivity index (χ0v) is 35.3. The second-order valence-corrected chi connectivity index (χ2v) is 15.5. The first kappa shape index (κ1) is 48.8. The smallest absolute Gasteiger partial charge is 0.331 e. The first-order valence-corrected chi connectivity index (χ1v) is 20.9. The van der Waals surface area contributed by atoms with E-state index >= 15 is 0 Å². The topological polar surface area (TPSA) is 337 Å². The number of hydrogen-bond donors (Lipinski definition) is 11. The number of phenolic OH excluding ortho intramolecular Hbond substituents is 2. The van der Waals surface area contributed by atoms with E-state index in [-0.39, 0.29) is 42.9 Å². The molecule has 4 rings (SSSR count). The van der Waals surface area contributed by atoms with Gasteiger partial charge in [-0.1, -0.05) is 24.3 Å². The molecule has 12 N–H and O–H groups in total. The van der Waals surface area contributed by atoms with Gasteiger partial charge in [0, 0.05) is 44.8 Å². The Morgan fingerprint density at radius 2 is 1.56 bits per heavy atom. The number of nitrogens with one attached hydrogen (secondary N) is 6. The molecule has 340 valence electrons. The molecule has 0 aliphatic carbocycles. The van der Waals surface area contributed by atoms with Crippen LogP contribution in [0.15, 0.2) is 82.3 Å². The predicted octanol–water partition coefficient (Wildman–Crippen LogP) is -1.68. The zero-order valence-electron chi connectivity index (χ0n) is 34.5. The van der Waals surface area contributed by atoms with Crippen molar-refractivity contribution in [2.75, 3.05) is 25.6 Å². The summed E-state index contributed by atoms with van der Waals surface area (Å²) in [5, 5.41) is 52.8. The highest BCUT2D eigenvalue weighted by Crippen LogP contribution is 2.30. The Bertz CT molecular complexity index is 2290. The fraction of sp³-hybridized carbons (Fsp3) is 0.400. The van der Waals surface area contributed by atoms with Crippen LogP contribution in [0.4, 0.5) is 4.79 Å². The lowest BCUT2D eigenvalue weighted by Crippen LogP contribution is -2.62. The zero-order chi connectivity index (χ0) is 46.4. The van der Waals surface area contributed by atoms with Crippen molar-refractivity contribution in [3.8, 4) is 11.5 Å². The van der Waals surface area contributed by atoms with E-state index in [1.165, 1.54) is 56.1 Å². The maximum absolute atomic E-state index is 14.1. The van der Waals surface area contributed by atoms with Crippen molar-refractivity contribution >= 4 is 47.4 Å². The van der Waals surface area contributed by atoms with E-state index in [0.717, 1.165) is 27.9 Å². The Balaban J connectivity index is 1.61. The fourth-order valence-corrected chi connectivity index (χ4v) is 6.95. The normalized spacial score (nSPS) is 17.5. The van der Waals surface area contributed by atoms with Crippen LogP contribution in [0.3, 0.4) is 0 Å². The number of carbonyl (C=O) groups is 6. The van der Waals surface area contributed by atoms with Crippen LogP contribution in [0.1, 0.15) is 37.1 Å². The van der Waals surface area contributed by atoms with E-state index in [1.54, 1.807) is 24.5 Å². The van der Waals surface area contributed by atoms with Gasteiger partial charge in [0.25, 0.3) is 5.56 Å². The number of aliphatic hydroxyl groups excluding tert-OH is 1. The number of amides is 6. The molecule has 3 aromatic rings. The molecule has 0 saturated carbocycles. The van der Waals surface area contributed by atoms with Crippen LogP contribution in [-0.4, -0.2) is 132 Å². The third-order valence-electron chi connectivity index (χ3n) is 9.89. The number of likely N-dealkylation sites (N-methyl/N-ethyl adjacent to an activating group) is 1. The number of hydrogen-bond acceptors (Lipinski definition) is 14. The third-order valence-corrected chi connectivity index (χ3v) is 10.5. The summed E-state index contributed by atoms with van der Waals surface area (Å²) in [6.07, 6.45) is 0.858. The van der Waals surface area contributed by atoms with E-state index in [2.05, 4.69) is 31.6 Å². The molecule has 0 bridgehead atoms. The number of nitrogens with two attached hydrogens (primary N) is 1. The van der Waals surface area contributed by atoms with Crippen molar-refractivity contribution in [1.29, 1.82) is 0 Å². The average Bonchev–Trinajstić information content (AvgIpc) is 3.61. The molecule has 6 amide bonds. The SMILES string of the molecule is CSCCC(NC(=O)NC(Cc1cccc(O)c1)C(=O)O)C(=O)NC(C(=O)NC=C1CC(O)C(n2ccc(=O)[nH]c2=O)O1)C(C)N(C)C(=O)C(Cc1cccc(O)c1)NC(=O)CN. The van der Waals surface area contributed by atoms with Gasteiger partial charge >= 0.3 is 17.7 Å². The molecule has 1 saturated heterocycles. The summed E-state index contributed by atoms with van der Waals surface area (Å²) in [4.78, 5) is 107. The molecule has 1 aliphatic heterocycles. The molecule has 63 heavy (non-hydrogen) atoms. The quantitative estimate of drug-likeness (QED) is 0.0604. The summed E-state index contributed by atoms with van der Waals surface area (Å²) in [7, 11) is 1.32. The third kappa shape index (κ3) is 14.1. The number of thioether (sulfide) groups is 1. The minimum absolute atomic E-state index is 0.000605. The second-order valence-electron chi connectivity index (χ2n) is 14.5. The predicted molar refractivity (Wildman–Crippen MR) is 227 cm³/mol. The first-order chi connectivity index (χ1) is 29.9. The standard InChI is InChI=1S/C40H51N9O13S/c1-21(48(2)36(57)28(43-32(54)19-41)16-22-6-4-8-24(50)14-22)33(35(56)42-20-26-18-30(52)37(62-26)49-12-10-31(53)46-40(49)61)47-34(55)27(11-13-63-3)44-39(60)45-29(38(58)59)17-23-7-5-9-25(51)15-23/h4-10,12,14-15,20-21,27-30,33,37,50-52H,11,13,16-19,41H2,1-3H3,(H,42,56)(H,43,54)(H,47,55)(H,58,59)(H2,44,45,60)(H,46,53,61). The number of urea groups is 1. The monoisotopic (exact) mass is 897 g/mol. The fourth-order valence-electron chi connectivity index (χ4n) is 6.48. The van der Waals surface area contributed by atoms with Gasteiger partial charge in [-0.25, -0.2) is 14.4 Å². The number of carboxylic acids is 1. The Morgan fingerprint density at radius 3 is 2.13 bits per heavy atom. The summed E-state index contributed by atoms with van der Waals surface area (Å²) in [6.45, 7) is 0.963. The number of aromatic nitrogens is 2. The van der Waals surface area contributed by atoms with Crippen LogP contribution in [-0.2, 0) is 41.6 Å². The number of carbonyl (C=O) groups excluding carboxylic acids is 5. The maximum atomic E-state index is 14.1. The van der Waals surface area contributed by atoms with Gasteiger partial charge in [0.1, 0.15) is 47.5 Å². The van der Waals surface area contributed by atoms with Gasteiger partial charge in [0.2, 0.25) is 29.9 Å². The minimum atomic E-state index is -1.61. The van der Waals surface area contributed by atoms with Crippen molar-refractivity contribution in [3.63, 3.8) is 0 Å². The number of aliphatic carboxylic acids is 1. The number of aromatic amines is 1. The van der Waals surface area contributed by atoms with Gasteiger partial charge in [-0.2, -0.15) is 11.8 Å². The number of carboxylic acid groups (broad SMARTS) is 1. The van der Waals surface area contributed by atoms with Crippen LogP contribution in [0.25, 0.3) is 0 Å². The van der Waals surface area contributed by atoms with Crippen LogP contribution in [0, 0.1) is 0 Å². The highest BCUT2D eigenvalue weighted by molar-refractivity contribution is 7.98. The van der Waals surface area contributed by atoms with Gasteiger partial charge in [-0.05, 0) is 60.7 Å². The Morgan fingerprint density at radius 1 is 0.937 bits per heavy atom. The molecule has 7 atom stereocenters. The van der Waals surface area contributed by atoms with Gasteiger partial charge in [0.05, 0.1) is 12.6 Å². The number of nitrogens with zero attached hydrogens (tertiary/aromatic N) is 2. The maximum Gasteiger partial charge on any atom is 0.331 e. The van der Waals surface area contributed by atoms with E-state index in [1.807, 2.05) is 0 Å². The molecule has 2 aromatic carbocycles. The Labute approximate surface area is 364 Å². The molecular formula is C40H51N9O13S. The molecule has 1 aliphatic rings. The minimum Gasteiger partial charge on any atom is -0.508 e. The van der Waals surface area contributed by atoms with Crippen molar-refractivity contribution in [2.24, 2.45) is 5.73 Å². The van der Waals surface area contributed by atoms with Crippen LogP contribution >= 0.6 is 11.8 Å². The lowest BCUT2D eigenvalue weighted by Gasteiger charge is -2.34. The van der Waals surface area contributed by atoms with Gasteiger partial charge in [-0.15, -0.1) is 0 Å². The largest absolute Gasteiger partial charge is 0.508 e. The number of phenols is 2. The van der Waals surface area contributed by atoms with Crippen molar-refractivity contribution in [3.05, 3.63) is 105 Å². The summed E-state index contributed by atoms with van der Waals surface area (Å²) >= 11 is 1.33. The molecule has 23 heteroatoms. The summed E-state index contributed by atoms with van der Waals surface area (Å²) in [6, 6.07) is 4.86. The van der Waals surface area contributed by atoms with E-state index in [4.69, 9.17) is 10.5 Å². The van der Waals surface area contributed by atoms with E-state index < -0.39 is 96.0 Å². The molecular weight excluding hydrogens is 847 g/mol. The first-order valence-electron chi connectivity index (χ1n) is 19.5. The van der Waals surface area contributed by atoms with E-state index in [0.29, 0.717) is 16.9 Å². The number of ether oxygens (including phenoxy) is 1. The Kier molecular flexibility index (Phi) is 17.7. The van der Waals surface area contributed by atoms with Gasteiger partial charge in [-0.3, -0.25) is 33.5 Å². The summed E-state index contributed by atoms with van der Waals surface area (Å²) in [5.74, 6) is -4.53. The molecule has 0 spiro atoms. The van der Waals surface area contributed by atoms with E-state index in [9.17, 15) is 58.8 Å². The van der Waals surface area contributed by atoms with Crippen molar-refractivity contribution in [1.82, 2.24) is 41.0 Å². The number of aromatic hydroxyl groups is 2. The number of benzene rings is 2. The molecule has 1 fully saturated rings. The lowest BCUT2D eigenvalue weighted by atomic mass is 10.0. The van der Waals surface area contributed by atoms with Gasteiger partial charge in [0.15, 0.2) is 0 Å². The lowest BCUT2D eigenvalue weighted by molar-refractivity contribution is -0.140. The summed E-state index contributed by atoms with van der Waals surface area (Å²) < 4.78 is 6.65. The highest BCUT2D eigenvalue weighted by atomic mass is 32.2. The highest BCUT2D eigenvalue weighted by Gasteiger charge is 2.38. The molecule has 2 heterocycles. The average molecular weight is 898 g/mol. The molecule has 0 radical (unpaired) electrons. The van der Waals surface area contributed by atoms with Crippen LogP contribution in [0.2, 0.25) is 0 Å². The molecule has 7 unspecified atom stereocenters. The number of H-pyrrole nitrogens is 1. The Hall–Kier alpha value is -6.85. The molecule has 22 nitrogen and oxygen atoms in total. The van der Waals surface area contributed by atoms with Crippen LogP contribution in [0.5, 0.6) is 11.5 Å². The second kappa shape index (κ2) is 22.8. The van der Waals surface area contributed by atoms with Crippen molar-refractivity contribution < 1.29 is 53.9 Å². The molecule has 1 aromatic heterocycles. The van der Waals surface area contributed by atoms with Crippen molar-refractivity contribution in [2.45, 2.75) is 75.1 Å². The van der Waals surface area contributed by atoms with Gasteiger partial charge < -0.3 is 62.4 Å². The summed E-state index contributed by atoms with van der Waals surface area (Å²) in [5.41, 5.74) is 4.86. The number of aliphatic hydroxyl groups is 1.